The number of aromatic carboxylic acids is 1. The zero-order valence-electron chi connectivity index (χ0n) is 37.1. The number of rotatable bonds is 9. The van der Waals surface area contributed by atoms with Crippen LogP contribution >= 0.6 is 0 Å². The molecule has 1 amide bonds. The predicted molar refractivity (Wildman–Crippen MR) is 253 cm³/mol. The predicted octanol–water partition coefficient (Wildman–Crippen LogP) is 8.66. The number of pyridine rings is 4. The highest BCUT2D eigenvalue weighted by Crippen LogP contribution is 2.30. The Bertz CT molecular complexity index is 3090. The van der Waals surface area contributed by atoms with Crippen LogP contribution in [-0.2, 0) is 0 Å². The standard InChI is InChI=1S/C25H24N6O3.C25H22N6O2/c1-16-8-9-19(14-27-16)18-10-11-22(20(13-18)25(32)33)34-12-4-5-17(2)31-15-28-30-24(31)21-6-3-7-23(26)29-21;1-16-8-9-19(14-26-16)18-10-11-22-20(13-18)25(32)29-23-7-3-6-21(28-23)24-30-27-15-31(24)17(2)5-4-12-33-22/h3-11,13-15,17H,12H2,1-2H3,(H2,26,29)(H,32,33);3-11,13-15,17H,12H2,1-2H3,(H,28,29,32)/b2*5-4+/t2*17-/m00/s1. The van der Waals surface area contributed by atoms with E-state index in [1.54, 1.807) is 49.3 Å². The zero-order chi connectivity index (χ0) is 46.9. The van der Waals surface area contributed by atoms with Crippen molar-refractivity contribution in [3.05, 3.63) is 169 Å². The molecule has 0 radical (unpaired) electrons. The topological polar surface area (TPSA) is 224 Å². The fourth-order valence-corrected chi connectivity index (χ4v) is 7.10. The number of carboxylic acids is 1. The van der Waals surface area contributed by atoms with Crippen molar-refractivity contribution in [2.75, 3.05) is 24.3 Å². The molecule has 1 aliphatic rings. The Morgan fingerprint density at radius 2 is 1.54 bits per heavy atom. The zero-order valence-corrected chi connectivity index (χ0v) is 37.1. The Kier molecular flexibility index (Phi) is 13.6. The number of hydrogen-bond acceptors (Lipinski definition) is 13. The van der Waals surface area contributed by atoms with Gasteiger partial charge >= 0.3 is 5.97 Å². The fraction of sp³-hybridized carbons (Fsp3) is 0.160. The summed E-state index contributed by atoms with van der Waals surface area (Å²) in [5.74, 6) is 1.46. The Morgan fingerprint density at radius 3 is 2.25 bits per heavy atom. The van der Waals surface area contributed by atoms with Gasteiger partial charge in [-0.2, -0.15) is 0 Å². The SMILES string of the molecule is Cc1ccc(-c2ccc(OC/C=C/[C@H](C)n3cnnc3-c3cccc(N)n3)c(C(=O)O)c2)cn1.Cc1ccc(-c2ccc3c(c2)C(=O)Nc2cccc(n2)-c2nncn2[C@@H](C)/C=C/CO3)cn1. The van der Waals surface area contributed by atoms with Crippen LogP contribution in [0, 0.1) is 13.8 Å². The van der Waals surface area contributed by atoms with E-state index in [9.17, 15) is 14.7 Å². The van der Waals surface area contributed by atoms with E-state index in [1.165, 1.54) is 0 Å². The molecule has 17 nitrogen and oxygen atoms in total. The molecule has 4 N–H and O–H groups in total. The third-order valence-electron chi connectivity index (χ3n) is 10.7. The van der Waals surface area contributed by atoms with Crippen molar-refractivity contribution in [3.63, 3.8) is 0 Å². The van der Waals surface area contributed by atoms with Crippen LogP contribution in [0.4, 0.5) is 11.6 Å². The van der Waals surface area contributed by atoms with Crippen LogP contribution < -0.4 is 20.5 Å². The Labute approximate surface area is 385 Å². The second kappa shape index (κ2) is 20.3. The number of nitrogen functional groups attached to an aromatic ring is 1. The van der Waals surface area contributed by atoms with E-state index >= 15 is 0 Å². The quantitative estimate of drug-likeness (QED) is 0.115. The molecule has 0 aliphatic carbocycles. The normalized spacial score (nSPS) is 14.3. The van der Waals surface area contributed by atoms with Crippen LogP contribution in [0.5, 0.6) is 11.5 Å². The van der Waals surface area contributed by atoms with Gasteiger partial charge in [0.05, 0.1) is 17.6 Å². The molecule has 2 atom stereocenters. The number of amides is 1. The molecule has 2 bridgehead atoms. The van der Waals surface area contributed by atoms with Gasteiger partial charge < -0.3 is 34.8 Å². The van der Waals surface area contributed by atoms with E-state index < -0.39 is 5.97 Å². The highest BCUT2D eigenvalue weighted by atomic mass is 16.5. The summed E-state index contributed by atoms with van der Waals surface area (Å²) >= 11 is 0. The maximum absolute atomic E-state index is 13.3. The largest absolute Gasteiger partial charge is 0.489 e. The van der Waals surface area contributed by atoms with Crippen molar-refractivity contribution in [1.29, 1.82) is 0 Å². The summed E-state index contributed by atoms with van der Waals surface area (Å²) in [5.41, 5.74) is 12.8. The molecule has 336 valence electrons. The lowest BCUT2D eigenvalue weighted by molar-refractivity contribution is 0.0692. The molecule has 1 aliphatic heterocycles. The van der Waals surface area contributed by atoms with Crippen LogP contribution in [-0.4, -0.2) is 79.7 Å². The van der Waals surface area contributed by atoms with Crippen molar-refractivity contribution < 1.29 is 24.2 Å². The summed E-state index contributed by atoms with van der Waals surface area (Å²) < 4.78 is 15.5. The average Bonchev–Trinajstić information content (AvgIpc) is 4.04. The van der Waals surface area contributed by atoms with Crippen LogP contribution in [0.3, 0.4) is 0 Å². The number of carboxylic acid groups (broad SMARTS) is 1. The minimum absolute atomic E-state index is 0.00234. The number of nitrogens with one attached hydrogen (secondary N) is 1. The smallest absolute Gasteiger partial charge is 0.339 e. The summed E-state index contributed by atoms with van der Waals surface area (Å²) in [6.45, 7) is 8.36. The highest BCUT2D eigenvalue weighted by Gasteiger charge is 2.19. The molecule has 0 spiro atoms. The van der Waals surface area contributed by atoms with Crippen molar-refractivity contribution in [2.45, 2.75) is 39.8 Å². The third-order valence-corrected chi connectivity index (χ3v) is 10.7. The molecular formula is C50H46N12O5. The number of hydrogen-bond donors (Lipinski definition) is 3. The first kappa shape index (κ1) is 44.7. The third kappa shape index (κ3) is 10.7. The van der Waals surface area contributed by atoms with Crippen molar-refractivity contribution in [2.24, 2.45) is 0 Å². The molecule has 9 rings (SSSR count). The van der Waals surface area contributed by atoms with E-state index in [-0.39, 0.29) is 30.2 Å². The Morgan fingerprint density at radius 1 is 0.866 bits per heavy atom. The molecule has 67 heavy (non-hydrogen) atoms. The Balaban J connectivity index is 0.000000182. The number of carbonyl (C=O) groups is 2. The number of nitrogens with two attached hydrogens (primary N) is 1. The van der Waals surface area contributed by atoms with Gasteiger partial charge in [0.1, 0.15) is 66.0 Å². The molecule has 0 saturated carbocycles. The molecule has 8 aromatic rings. The van der Waals surface area contributed by atoms with Crippen LogP contribution in [0.2, 0.25) is 0 Å². The molecular weight excluding hydrogens is 849 g/mol. The van der Waals surface area contributed by atoms with E-state index in [0.29, 0.717) is 58.3 Å². The van der Waals surface area contributed by atoms with Crippen molar-refractivity contribution >= 4 is 23.5 Å². The molecule has 7 heterocycles. The van der Waals surface area contributed by atoms with Gasteiger partial charge in [0.2, 0.25) is 0 Å². The number of allylic oxidation sites excluding steroid dienone is 2. The maximum Gasteiger partial charge on any atom is 0.339 e. The number of benzene rings is 2. The lowest BCUT2D eigenvalue weighted by Gasteiger charge is -2.15. The summed E-state index contributed by atoms with van der Waals surface area (Å²) in [7, 11) is 0. The number of ether oxygens (including phenoxy) is 2. The molecule has 2 aromatic carbocycles. The van der Waals surface area contributed by atoms with Crippen molar-refractivity contribution in [3.8, 4) is 56.8 Å². The Hall–Kier alpha value is -8.86. The minimum atomic E-state index is -1.06. The molecule has 6 aromatic heterocycles. The summed E-state index contributed by atoms with van der Waals surface area (Å²) in [6, 6.07) is 29.0. The highest BCUT2D eigenvalue weighted by molar-refractivity contribution is 6.06. The molecule has 17 heteroatoms. The van der Waals surface area contributed by atoms with Crippen LogP contribution in [0.1, 0.15) is 58.0 Å². The van der Waals surface area contributed by atoms with Gasteiger partial charge in [-0.1, -0.05) is 48.6 Å². The van der Waals surface area contributed by atoms with Gasteiger partial charge in [0.25, 0.3) is 5.91 Å². The summed E-state index contributed by atoms with van der Waals surface area (Å²) in [4.78, 5) is 42.6. The lowest BCUT2D eigenvalue weighted by atomic mass is 10.0. The number of nitrogens with zero attached hydrogens (tertiary/aromatic N) is 10. The van der Waals surface area contributed by atoms with Gasteiger partial charge in [0.15, 0.2) is 11.6 Å². The molecule has 0 saturated heterocycles. The first-order chi connectivity index (χ1) is 32.5. The first-order valence-corrected chi connectivity index (χ1v) is 21.3. The number of carbonyl (C=O) groups excluding carboxylic acids is 1. The van der Waals surface area contributed by atoms with E-state index in [2.05, 4.69) is 45.6 Å². The monoisotopic (exact) mass is 894 g/mol. The van der Waals surface area contributed by atoms with Crippen molar-refractivity contribution in [1.82, 2.24) is 49.5 Å². The summed E-state index contributed by atoms with van der Waals surface area (Å²) in [5, 5.41) is 29.0. The van der Waals surface area contributed by atoms with Gasteiger partial charge in [-0.3, -0.25) is 14.8 Å². The number of fused-ring (bicyclic) bond motifs is 5. The second-order valence-electron chi connectivity index (χ2n) is 15.5. The van der Waals surface area contributed by atoms with E-state index in [4.69, 9.17) is 15.2 Å². The van der Waals surface area contributed by atoms with Gasteiger partial charge in [-0.15, -0.1) is 20.4 Å². The number of aryl methyl sites for hydroxylation is 2. The van der Waals surface area contributed by atoms with Gasteiger partial charge in [0, 0.05) is 34.9 Å². The van der Waals surface area contributed by atoms with Crippen LogP contribution in [0.25, 0.3) is 45.3 Å². The maximum atomic E-state index is 13.3. The first-order valence-electron chi connectivity index (χ1n) is 21.3. The van der Waals surface area contributed by atoms with E-state index in [0.717, 1.165) is 33.6 Å². The van der Waals surface area contributed by atoms with Gasteiger partial charge in [-0.25, -0.2) is 14.8 Å². The molecule has 0 unspecified atom stereocenters. The second-order valence-corrected chi connectivity index (χ2v) is 15.5. The minimum Gasteiger partial charge on any atom is -0.489 e. The molecule has 0 fully saturated rings. The average molecular weight is 895 g/mol. The van der Waals surface area contributed by atoms with Gasteiger partial charge in [-0.05, 0) is 112 Å². The van der Waals surface area contributed by atoms with E-state index in [1.807, 2.05) is 134 Å². The lowest BCUT2D eigenvalue weighted by Crippen LogP contribution is -2.15. The summed E-state index contributed by atoms with van der Waals surface area (Å²) in [6.07, 6.45) is 14.5. The fourth-order valence-electron chi connectivity index (χ4n) is 7.10. The number of anilines is 2. The van der Waals surface area contributed by atoms with Crippen LogP contribution in [0.15, 0.2) is 146 Å². The number of aromatic nitrogens is 10.